The number of carbonyl (C=O) groups is 3. The van der Waals surface area contributed by atoms with Gasteiger partial charge in [0.15, 0.2) is 6.10 Å². The molecular formula is C19H24ClNO7. The van der Waals surface area contributed by atoms with Crippen LogP contribution in [0.15, 0.2) is 30.3 Å². The van der Waals surface area contributed by atoms with Gasteiger partial charge in [0.25, 0.3) is 5.91 Å². The van der Waals surface area contributed by atoms with Crippen molar-refractivity contribution in [1.29, 1.82) is 0 Å². The second kappa shape index (κ2) is 9.86. The fourth-order valence-electron chi connectivity index (χ4n) is 2.93. The minimum absolute atomic E-state index is 0.0755. The van der Waals surface area contributed by atoms with Crippen LogP contribution in [0, 0.1) is 0 Å². The van der Waals surface area contributed by atoms with E-state index in [9.17, 15) is 14.4 Å². The number of rotatable bonds is 7. The molecule has 0 aliphatic carbocycles. The molecule has 4 atom stereocenters. The lowest BCUT2D eigenvalue weighted by molar-refractivity contribution is -0.351. The highest BCUT2D eigenvalue weighted by molar-refractivity contribution is 6.27. The normalized spacial score (nSPS) is 26.9. The molecule has 1 heterocycles. The van der Waals surface area contributed by atoms with Crippen molar-refractivity contribution >= 4 is 29.4 Å². The average molecular weight is 414 g/mol. The Balaban J connectivity index is 2.32. The third-order valence-electron chi connectivity index (χ3n) is 4.11. The molecule has 0 spiro atoms. The van der Waals surface area contributed by atoms with Crippen molar-refractivity contribution in [3.05, 3.63) is 35.9 Å². The summed E-state index contributed by atoms with van der Waals surface area (Å²) in [5, 5.41) is 2.58. The minimum Gasteiger partial charge on any atom is -0.460 e. The van der Waals surface area contributed by atoms with E-state index in [1.165, 1.54) is 13.8 Å². The molecule has 1 aliphatic heterocycles. The Bertz CT molecular complexity index is 699. The van der Waals surface area contributed by atoms with E-state index in [1.54, 1.807) is 6.92 Å². The Morgan fingerprint density at radius 1 is 1.18 bits per heavy atom. The SMILES string of the molecule is CC(=O)O[C@H]1C[C@@H](OC(C)=O)[C@@H](C)O[C@]1(NC(=O)CCl)OCc1ccccc1. The van der Waals surface area contributed by atoms with Gasteiger partial charge in [-0.25, -0.2) is 0 Å². The monoisotopic (exact) mass is 413 g/mol. The van der Waals surface area contributed by atoms with E-state index in [0.29, 0.717) is 0 Å². The molecule has 0 radical (unpaired) electrons. The van der Waals surface area contributed by atoms with Gasteiger partial charge in [0.05, 0.1) is 12.7 Å². The van der Waals surface area contributed by atoms with Crippen LogP contribution in [0.2, 0.25) is 0 Å². The number of hydrogen-bond donors (Lipinski definition) is 1. The van der Waals surface area contributed by atoms with Crippen LogP contribution >= 0.6 is 11.6 Å². The summed E-state index contributed by atoms with van der Waals surface area (Å²) in [4.78, 5) is 35.1. The predicted octanol–water partition coefficient (Wildman–Crippen LogP) is 1.88. The summed E-state index contributed by atoms with van der Waals surface area (Å²) >= 11 is 5.64. The molecule has 1 saturated heterocycles. The lowest BCUT2D eigenvalue weighted by Crippen LogP contribution is -2.67. The van der Waals surface area contributed by atoms with Gasteiger partial charge in [-0.05, 0) is 12.5 Å². The van der Waals surface area contributed by atoms with Crippen LogP contribution in [-0.4, -0.2) is 47.9 Å². The van der Waals surface area contributed by atoms with Gasteiger partial charge in [0.2, 0.25) is 5.91 Å². The van der Waals surface area contributed by atoms with Gasteiger partial charge in [0, 0.05) is 20.3 Å². The second-order valence-corrected chi connectivity index (χ2v) is 6.70. The zero-order chi connectivity index (χ0) is 20.7. The van der Waals surface area contributed by atoms with Gasteiger partial charge in [0.1, 0.15) is 12.0 Å². The molecule has 0 aromatic heterocycles. The van der Waals surface area contributed by atoms with E-state index in [-0.39, 0.29) is 18.9 Å². The average Bonchev–Trinajstić information content (AvgIpc) is 2.64. The van der Waals surface area contributed by atoms with Crippen LogP contribution < -0.4 is 5.32 Å². The number of halogens is 1. The first-order chi connectivity index (χ1) is 13.3. The van der Waals surface area contributed by atoms with E-state index >= 15 is 0 Å². The van der Waals surface area contributed by atoms with Crippen molar-refractivity contribution in [2.75, 3.05) is 5.88 Å². The zero-order valence-electron chi connectivity index (χ0n) is 16.0. The van der Waals surface area contributed by atoms with E-state index in [0.717, 1.165) is 5.56 Å². The van der Waals surface area contributed by atoms with E-state index < -0.39 is 42.1 Å². The maximum atomic E-state index is 12.1. The topological polar surface area (TPSA) is 100 Å². The lowest BCUT2D eigenvalue weighted by Gasteiger charge is -2.46. The first-order valence-corrected chi connectivity index (χ1v) is 9.36. The lowest BCUT2D eigenvalue weighted by atomic mass is 9.99. The quantitative estimate of drug-likeness (QED) is 0.414. The molecule has 0 unspecified atom stereocenters. The van der Waals surface area contributed by atoms with Crippen molar-refractivity contribution in [3.8, 4) is 0 Å². The maximum absolute atomic E-state index is 12.1. The van der Waals surface area contributed by atoms with E-state index in [1.807, 2.05) is 30.3 Å². The second-order valence-electron chi connectivity index (χ2n) is 6.43. The van der Waals surface area contributed by atoms with Crippen molar-refractivity contribution in [2.24, 2.45) is 0 Å². The summed E-state index contributed by atoms with van der Waals surface area (Å²) in [6, 6.07) is 9.22. The number of nitrogens with one attached hydrogen (secondary N) is 1. The smallest absolute Gasteiger partial charge is 0.303 e. The summed E-state index contributed by atoms with van der Waals surface area (Å²) < 4.78 is 22.5. The summed E-state index contributed by atoms with van der Waals surface area (Å²) in [6.07, 6.45) is -2.29. The summed E-state index contributed by atoms with van der Waals surface area (Å²) in [5.41, 5.74) is 0.821. The first-order valence-electron chi connectivity index (χ1n) is 8.83. The molecule has 1 N–H and O–H groups in total. The van der Waals surface area contributed by atoms with Crippen LogP contribution in [0.1, 0.15) is 32.8 Å². The van der Waals surface area contributed by atoms with Crippen LogP contribution in [0.3, 0.4) is 0 Å². The molecule has 0 saturated carbocycles. The predicted molar refractivity (Wildman–Crippen MR) is 99.1 cm³/mol. The summed E-state index contributed by atoms with van der Waals surface area (Å²) in [6.45, 7) is 4.25. The number of carbonyl (C=O) groups excluding carboxylic acids is 3. The molecule has 1 aromatic carbocycles. The molecule has 0 bridgehead atoms. The standard InChI is InChI=1S/C19H24ClNO7/c1-12-16(26-13(2)22)9-17(27-14(3)23)19(28-12,21-18(24)10-20)25-11-15-7-5-4-6-8-15/h4-8,12,16-17H,9-11H2,1-3H3,(H,21,24)/t12-,16-,17+,19-/m1/s1. The molecule has 1 fully saturated rings. The van der Waals surface area contributed by atoms with Crippen LogP contribution in [-0.2, 0) is 39.9 Å². The summed E-state index contributed by atoms with van der Waals surface area (Å²) in [7, 11) is 0. The highest BCUT2D eigenvalue weighted by atomic mass is 35.5. The Labute approximate surface area is 168 Å². The van der Waals surface area contributed by atoms with Crippen LogP contribution in [0.25, 0.3) is 0 Å². The minimum atomic E-state index is -1.77. The van der Waals surface area contributed by atoms with Crippen molar-refractivity contribution < 1.29 is 33.3 Å². The molecular weight excluding hydrogens is 390 g/mol. The third kappa shape index (κ3) is 5.92. The molecule has 1 aromatic rings. The molecule has 1 amide bonds. The van der Waals surface area contributed by atoms with Gasteiger partial charge < -0.3 is 24.3 Å². The Kier molecular flexibility index (Phi) is 7.79. The molecule has 1 aliphatic rings. The zero-order valence-corrected chi connectivity index (χ0v) is 16.7. The number of hydrogen-bond acceptors (Lipinski definition) is 7. The van der Waals surface area contributed by atoms with Crippen molar-refractivity contribution in [2.45, 2.75) is 58.0 Å². The maximum Gasteiger partial charge on any atom is 0.303 e. The van der Waals surface area contributed by atoms with Gasteiger partial charge >= 0.3 is 11.9 Å². The largest absolute Gasteiger partial charge is 0.460 e. The number of ether oxygens (including phenoxy) is 4. The Morgan fingerprint density at radius 3 is 2.39 bits per heavy atom. The number of alkyl halides is 1. The van der Waals surface area contributed by atoms with E-state index in [2.05, 4.69) is 5.32 Å². The highest BCUT2D eigenvalue weighted by Crippen LogP contribution is 2.33. The molecule has 2 rings (SSSR count). The molecule has 8 nitrogen and oxygen atoms in total. The molecule has 9 heteroatoms. The van der Waals surface area contributed by atoms with E-state index in [4.69, 9.17) is 30.5 Å². The van der Waals surface area contributed by atoms with Crippen molar-refractivity contribution in [1.82, 2.24) is 5.32 Å². The fraction of sp³-hybridized carbons (Fsp3) is 0.526. The van der Waals surface area contributed by atoms with Gasteiger partial charge in [-0.15, -0.1) is 11.6 Å². The van der Waals surface area contributed by atoms with Crippen LogP contribution in [0.5, 0.6) is 0 Å². The molecule has 28 heavy (non-hydrogen) atoms. The number of esters is 2. The Morgan fingerprint density at radius 2 is 1.82 bits per heavy atom. The number of amides is 1. The third-order valence-corrected chi connectivity index (χ3v) is 4.35. The van der Waals surface area contributed by atoms with Gasteiger partial charge in [-0.2, -0.15) is 0 Å². The van der Waals surface area contributed by atoms with Crippen molar-refractivity contribution in [3.63, 3.8) is 0 Å². The molecule has 154 valence electrons. The fourth-order valence-corrected chi connectivity index (χ4v) is 3.00. The summed E-state index contributed by atoms with van der Waals surface area (Å²) in [5.74, 6) is -3.77. The highest BCUT2D eigenvalue weighted by Gasteiger charge is 2.53. The number of benzene rings is 1. The van der Waals surface area contributed by atoms with Crippen LogP contribution in [0.4, 0.5) is 0 Å². The van der Waals surface area contributed by atoms with Gasteiger partial charge in [-0.1, -0.05) is 30.3 Å². The Hall–Kier alpha value is -2.16. The first kappa shape index (κ1) is 22.1. The van der Waals surface area contributed by atoms with Gasteiger partial charge in [-0.3, -0.25) is 14.4 Å².